The van der Waals surface area contributed by atoms with E-state index in [2.05, 4.69) is 10.1 Å². The number of hydrogen-bond acceptors (Lipinski definition) is 5. The van der Waals surface area contributed by atoms with Gasteiger partial charge in [-0.25, -0.2) is 9.67 Å². The van der Waals surface area contributed by atoms with Gasteiger partial charge >= 0.3 is 0 Å². The average Bonchev–Trinajstić information content (AvgIpc) is 2.41. The number of nitrogens with two attached hydrogens (primary N) is 1. The van der Waals surface area contributed by atoms with Gasteiger partial charge in [0.25, 0.3) is 5.56 Å². The molecule has 7 nitrogen and oxygen atoms in total. The quantitative estimate of drug-likeness (QED) is 0.820. The number of methoxy groups -OCH3 is 1. The third-order valence-corrected chi connectivity index (χ3v) is 2.41. The highest BCUT2D eigenvalue weighted by Gasteiger charge is 2.06. The summed E-state index contributed by atoms with van der Waals surface area (Å²) in [5, 5.41) is 4.06. The minimum absolute atomic E-state index is 0.254. The number of amides is 1. The van der Waals surface area contributed by atoms with Crippen LogP contribution in [0.2, 0.25) is 0 Å². The van der Waals surface area contributed by atoms with Crippen LogP contribution < -0.4 is 16.0 Å². The smallest absolute Gasteiger partial charge is 0.267 e. The number of rotatable bonds is 4. The highest BCUT2D eigenvalue weighted by atomic mass is 16.5. The highest BCUT2D eigenvalue weighted by Crippen LogP contribution is 2.16. The molecule has 0 aliphatic rings. The Morgan fingerprint density at radius 1 is 1.37 bits per heavy atom. The maximum Gasteiger partial charge on any atom is 0.267 e. The van der Waals surface area contributed by atoms with E-state index >= 15 is 0 Å². The number of hydrogen-bond donors (Lipinski definition) is 1. The molecular weight excluding hydrogens is 248 g/mol. The van der Waals surface area contributed by atoms with Crippen LogP contribution in [0.1, 0.15) is 0 Å². The van der Waals surface area contributed by atoms with Crippen molar-refractivity contribution in [3.05, 3.63) is 40.8 Å². The molecule has 1 amide bonds. The van der Waals surface area contributed by atoms with Crippen molar-refractivity contribution in [2.24, 2.45) is 5.73 Å². The first-order valence-corrected chi connectivity index (χ1v) is 5.47. The first-order valence-electron chi connectivity index (χ1n) is 5.47. The first-order chi connectivity index (χ1) is 9.10. The van der Waals surface area contributed by atoms with Crippen molar-refractivity contribution in [1.29, 1.82) is 0 Å². The Kier molecular flexibility index (Phi) is 3.56. The van der Waals surface area contributed by atoms with E-state index in [4.69, 9.17) is 10.5 Å². The third kappa shape index (κ3) is 2.95. The molecule has 0 aromatic carbocycles. The maximum atomic E-state index is 11.5. The van der Waals surface area contributed by atoms with E-state index in [1.54, 1.807) is 24.4 Å². The number of carbonyl (C=O) groups is 1. The lowest BCUT2D eigenvalue weighted by molar-refractivity contribution is -0.118. The number of ether oxygens (including phenoxy) is 1. The van der Waals surface area contributed by atoms with Gasteiger partial charge in [0.05, 0.1) is 12.8 Å². The van der Waals surface area contributed by atoms with Gasteiger partial charge in [0, 0.05) is 23.9 Å². The Bertz CT molecular complexity index is 649. The predicted molar refractivity (Wildman–Crippen MR) is 67.5 cm³/mol. The molecular formula is C12H12N4O3. The molecule has 0 spiro atoms. The Hall–Kier alpha value is -2.70. The van der Waals surface area contributed by atoms with E-state index in [9.17, 15) is 9.59 Å². The number of carbonyl (C=O) groups excluding carboxylic acids is 1. The molecule has 0 aliphatic heterocycles. The first kappa shape index (κ1) is 12.7. The Balaban J connectivity index is 2.39. The van der Waals surface area contributed by atoms with Crippen molar-refractivity contribution in [2.75, 3.05) is 7.11 Å². The summed E-state index contributed by atoms with van der Waals surface area (Å²) in [6, 6.07) is 6.33. The van der Waals surface area contributed by atoms with Crippen molar-refractivity contribution in [3.63, 3.8) is 0 Å². The maximum absolute atomic E-state index is 11.5. The van der Waals surface area contributed by atoms with Gasteiger partial charge in [-0.05, 0) is 12.1 Å². The van der Waals surface area contributed by atoms with Crippen LogP contribution in [-0.4, -0.2) is 27.8 Å². The number of pyridine rings is 1. The summed E-state index contributed by atoms with van der Waals surface area (Å²) in [5.74, 6) is -0.145. The molecule has 0 radical (unpaired) electrons. The molecule has 0 atom stereocenters. The standard InChI is InChI=1S/C12H12N4O3/c1-19-11-4-2-8(6-14-11)9-3-5-12(18)16(15-9)7-10(13)17/h2-6H,7H2,1H3,(H2,13,17). The average molecular weight is 260 g/mol. The molecule has 0 fully saturated rings. The van der Waals surface area contributed by atoms with Crippen LogP contribution in [0.25, 0.3) is 11.3 Å². The van der Waals surface area contributed by atoms with Gasteiger partial charge in [-0.3, -0.25) is 9.59 Å². The van der Waals surface area contributed by atoms with E-state index in [-0.39, 0.29) is 12.1 Å². The van der Waals surface area contributed by atoms with Gasteiger partial charge < -0.3 is 10.5 Å². The van der Waals surface area contributed by atoms with E-state index in [1.165, 1.54) is 13.2 Å². The van der Waals surface area contributed by atoms with Crippen molar-refractivity contribution in [1.82, 2.24) is 14.8 Å². The van der Waals surface area contributed by atoms with E-state index in [0.717, 1.165) is 4.68 Å². The van der Waals surface area contributed by atoms with Crippen LogP contribution in [0, 0.1) is 0 Å². The van der Waals surface area contributed by atoms with Gasteiger partial charge in [0.2, 0.25) is 11.8 Å². The minimum atomic E-state index is -0.625. The lowest BCUT2D eigenvalue weighted by atomic mass is 10.2. The van der Waals surface area contributed by atoms with Crippen LogP contribution in [0.15, 0.2) is 35.3 Å². The van der Waals surface area contributed by atoms with Crippen LogP contribution in [-0.2, 0) is 11.3 Å². The van der Waals surface area contributed by atoms with E-state index in [0.29, 0.717) is 17.1 Å². The molecule has 0 saturated carbocycles. The van der Waals surface area contributed by atoms with E-state index < -0.39 is 5.91 Å². The molecule has 98 valence electrons. The fraction of sp³-hybridized carbons (Fsp3) is 0.167. The molecule has 2 aromatic rings. The summed E-state index contributed by atoms with van der Waals surface area (Å²) in [5.41, 5.74) is 5.90. The van der Waals surface area contributed by atoms with E-state index in [1.807, 2.05) is 0 Å². The van der Waals surface area contributed by atoms with Gasteiger partial charge in [-0.2, -0.15) is 5.10 Å². The Morgan fingerprint density at radius 3 is 2.74 bits per heavy atom. The monoisotopic (exact) mass is 260 g/mol. The normalized spacial score (nSPS) is 10.2. The highest BCUT2D eigenvalue weighted by molar-refractivity contribution is 5.73. The van der Waals surface area contributed by atoms with Crippen LogP contribution >= 0.6 is 0 Å². The topological polar surface area (TPSA) is 100 Å². The molecule has 2 N–H and O–H groups in total. The second kappa shape index (κ2) is 5.30. The zero-order valence-corrected chi connectivity index (χ0v) is 10.2. The van der Waals surface area contributed by atoms with Gasteiger partial charge in [0.15, 0.2) is 0 Å². The Morgan fingerprint density at radius 2 is 2.16 bits per heavy atom. The van der Waals surface area contributed by atoms with Gasteiger partial charge in [-0.15, -0.1) is 0 Å². The third-order valence-electron chi connectivity index (χ3n) is 2.41. The number of primary amides is 1. The molecule has 7 heteroatoms. The molecule has 0 saturated heterocycles. The van der Waals surface area contributed by atoms with Crippen LogP contribution in [0.4, 0.5) is 0 Å². The SMILES string of the molecule is COc1ccc(-c2ccc(=O)n(CC(N)=O)n2)cn1. The number of nitrogens with zero attached hydrogens (tertiary/aromatic N) is 3. The lowest BCUT2D eigenvalue weighted by Crippen LogP contribution is -2.29. The summed E-state index contributed by atoms with van der Waals surface area (Å²) in [7, 11) is 1.52. The summed E-state index contributed by atoms with van der Waals surface area (Å²) >= 11 is 0. The molecule has 2 rings (SSSR count). The van der Waals surface area contributed by atoms with Crippen LogP contribution in [0.5, 0.6) is 5.88 Å². The Labute approximate surface area is 108 Å². The predicted octanol–water partition coefficient (Wildman–Crippen LogP) is -0.201. The van der Waals surface area contributed by atoms with Gasteiger partial charge in [-0.1, -0.05) is 0 Å². The fourth-order valence-electron chi connectivity index (χ4n) is 1.52. The molecule has 0 bridgehead atoms. The van der Waals surface area contributed by atoms with Crippen molar-refractivity contribution in [3.8, 4) is 17.1 Å². The largest absolute Gasteiger partial charge is 0.481 e. The summed E-state index contributed by atoms with van der Waals surface area (Å²) in [6.07, 6.45) is 1.57. The molecule has 0 aliphatic carbocycles. The second-order valence-corrected chi connectivity index (χ2v) is 3.77. The van der Waals surface area contributed by atoms with Crippen molar-refractivity contribution in [2.45, 2.75) is 6.54 Å². The molecule has 2 heterocycles. The van der Waals surface area contributed by atoms with Crippen LogP contribution in [0.3, 0.4) is 0 Å². The molecule has 0 unspecified atom stereocenters. The summed E-state index contributed by atoms with van der Waals surface area (Å²) in [6.45, 7) is -0.254. The van der Waals surface area contributed by atoms with Crippen molar-refractivity contribution < 1.29 is 9.53 Å². The fourth-order valence-corrected chi connectivity index (χ4v) is 1.52. The summed E-state index contributed by atoms with van der Waals surface area (Å²) in [4.78, 5) is 26.4. The zero-order valence-electron chi connectivity index (χ0n) is 10.2. The second-order valence-electron chi connectivity index (χ2n) is 3.77. The zero-order chi connectivity index (χ0) is 13.8. The lowest BCUT2D eigenvalue weighted by Gasteiger charge is -2.05. The van der Waals surface area contributed by atoms with Gasteiger partial charge in [0.1, 0.15) is 6.54 Å². The number of aromatic nitrogens is 3. The van der Waals surface area contributed by atoms with Crippen molar-refractivity contribution >= 4 is 5.91 Å². The molecule has 19 heavy (non-hydrogen) atoms. The minimum Gasteiger partial charge on any atom is -0.481 e. The summed E-state index contributed by atoms with van der Waals surface area (Å²) < 4.78 is 5.97. The molecule has 2 aromatic heterocycles.